The van der Waals surface area contributed by atoms with Gasteiger partial charge in [0, 0.05) is 22.8 Å². The number of hydrogen-bond donors (Lipinski definition) is 2. The topological polar surface area (TPSA) is 76.7 Å². The van der Waals surface area contributed by atoms with Crippen molar-refractivity contribution in [2.45, 2.75) is 0 Å². The minimum absolute atomic E-state index is 0.255. The van der Waals surface area contributed by atoms with Gasteiger partial charge in [-0.25, -0.2) is 0 Å². The molecule has 2 rings (SSSR count). The molecule has 0 atom stereocenters. The van der Waals surface area contributed by atoms with Crippen molar-refractivity contribution in [3.8, 4) is 11.5 Å². The molecule has 0 bridgehead atoms. The zero-order valence-electron chi connectivity index (χ0n) is 12.9. The third-order valence-corrected chi connectivity index (χ3v) is 3.54. The Labute approximate surface area is 148 Å². The molecule has 0 heterocycles. The number of anilines is 2. The molecular weight excluding hydrogens is 355 g/mol. The summed E-state index contributed by atoms with van der Waals surface area (Å²) < 4.78 is 10.2. The molecule has 0 saturated heterocycles. The van der Waals surface area contributed by atoms with Gasteiger partial charge in [-0.15, -0.1) is 0 Å². The van der Waals surface area contributed by atoms with Crippen molar-refractivity contribution in [2.75, 3.05) is 24.9 Å². The van der Waals surface area contributed by atoms with Crippen molar-refractivity contribution in [1.82, 2.24) is 0 Å². The van der Waals surface area contributed by atoms with Crippen molar-refractivity contribution in [2.24, 2.45) is 0 Å². The van der Waals surface area contributed by atoms with Crippen molar-refractivity contribution < 1.29 is 19.1 Å². The normalized spacial score (nSPS) is 10.0. The second-order valence-corrected chi connectivity index (χ2v) is 5.45. The van der Waals surface area contributed by atoms with E-state index >= 15 is 0 Å². The summed E-state index contributed by atoms with van der Waals surface area (Å²) >= 11 is 11.8. The Balaban J connectivity index is 2.15. The Morgan fingerprint density at radius 2 is 1.58 bits per heavy atom. The number of hydrogen-bond acceptors (Lipinski definition) is 4. The summed E-state index contributed by atoms with van der Waals surface area (Å²) in [5.41, 5.74) is 0.660. The maximum atomic E-state index is 12.1. The summed E-state index contributed by atoms with van der Waals surface area (Å²) in [4.78, 5) is 24.1. The molecule has 6 nitrogen and oxygen atoms in total. The SMILES string of the molecule is COc1cc(NC(=O)C(=O)Nc2cccc(Cl)c2)c(OC)cc1Cl. The number of methoxy groups -OCH3 is 2. The lowest BCUT2D eigenvalue weighted by Crippen LogP contribution is -2.29. The van der Waals surface area contributed by atoms with Gasteiger partial charge in [0.25, 0.3) is 0 Å². The van der Waals surface area contributed by atoms with Gasteiger partial charge >= 0.3 is 11.8 Å². The van der Waals surface area contributed by atoms with E-state index < -0.39 is 11.8 Å². The number of carbonyl (C=O) groups excluding carboxylic acids is 2. The lowest BCUT2D eigenvalue weighted by atomic mass is 10.2. The van der Waals surface area contributed by atoms with Crippen LogP contribution in [-0.2, 0) is 9.59 Å². The summed E-state index contributed by atoms with van der Waals surface area (Å²) in [7, 11) is 2.85. The van der Waals surface area contributed by atoms with Gasteiger partial charge in [-0.05, 0) is 18.2 Å². The second kappa shape index (κ2) is 7.90. The molecular formula is C16H14Cl2N2O4. The van der Waals surface area contributed by atoms with Gasteiger partial charge in [0.05, 0.1) is 24.9 Å². The molecule has 24 heavy (non-hydrogen) atoms. The first-order valence-corrected chi connectivity index (χ1v) is 7.49. The number of halogens is 2. The van der Waals surface area contributed by atoms with Gasteiger partial charge in [-0.3, -0.25) is 9.59 Å². The summed E-state index contributed by atoms with van der Waals surface area (Å²) in [5.74, 6) is -1.10. The Morgan fingerprint density at radius 1 is 0.917 bits per heavy atom. The van der Waals surface area contributed by atoms with E-state index in [9.17, 15) is 9.59 Å². The maximum absolute atomic E-state index is 12.1. The van der Waals surface area contributed by atoms with Crippen molar-refractivity contribution in [1.29, 1.82) is 0 Å². The zero-order chi connectivity index (χ0) is 17.7. The Morgan fingerprint density at radius 3 is 2.21 bits per heavy atom. The number of nitrogens with one attached hydrogen (secondary N) is 2. The minimum Gasteiger partial charge on any atom is -0.495 e. The van der Waals surface area contributed by atoms with Crippen LogP contribution in [0.2, 0.25) is 10.0 Å². The van der Waals surface area contributed by atoms with Gasteiger partial charge in [0.1, 0.15) is 11.5 Å². The van der Waals surface area contributed by atoms with Crippen LogP contribution < -0.4 is 20.1 Å². The highest BCUT2D eigenvalue weighted by Crippen LogP contribution is 2.35. The molecule has 0 aromatic heterocycles. The van der Waals surface area contributed by atoms with Crippen LogP contribution in [-0.4, -0.2) is 26.0 Å². The number of amides is 2. The average molecular weight is 369 g/mol. The summed E-state index contributed by atoms with van der Waals surface area (Å²) in [6.45, 7) is 0. The van der Waals surface area contributed by atoms with Crippen LogP contribution >= 0.6 is 23.2 Å². The molecule has 2 aromatic rings. The predicted octanol–water partition coefficient (Wildman–Crippen LogP) is 3.59. The minimum atomic E-state index is -0.877. The Kier molecular flexibility index (Phi) is 5.89. The quantitative estimate of drug-likeness (QED) is 0.808. The van der Waals surface area contributed by atoms with Gasteiger partial charge in [-0.2, -0.15) is 0 Å². The Hall–Kier alpha value is -2.44. The van der Waals surface area contributed by atoms with E-state index in [2.05, 4.69) is 10.6 Å². The highest BCUT2D eigenvalue weighted by atomic mass is 35.5. The van der Waals surface area contributed by atoms with Gasteiger partial charge in [-0.1, -0.05) is 29.3 Å². The van der Waals surface area contributed by atoms with Crippen LogP contribution in [0.25, 0.3) is 0 Å². The van der Waals surface area contributed by atoms with Crippen LogP contribution in [0.15, 0.2) is 36.4 Å². The van der Waals surface area contributed by atoms with Crippen molar-refractivity contribution >= 4 is 46.4 Å². The van der Waals surface area contributed by atoms with Gasteiger partial charge in [0.15, 0.2) is 0 Å². The monoisotopic (exact) mass is 368 g/mol. The van der Waals surface area contributed by atoms with E-state index in [1.807, 2.05) is 0 Å². The van der Waals surface area contributed by atoms with Crippen molar-refractivity contribution in [3.63, 3.8) is 0 Å². The molecule has 0 unspecified atom stereocenters. The molecule has 0 fully saturated rings. The van der Waals surface area contributed by atoms with Gasteiger partial charge in [0.2, 0.25) is 0 Å². The van der Waals surface area contributed by atoms with E-state index in [-0.39, 0.29) is 5.69 Å². The fourth-order valence-electron chi connectivity index (χ4n) is 1.89. The molecule has 0 radical (unpaired) electrons. The first kappa shape index (κ1) is 17.9. The van der Waals surface area contributed by atoms with Gasteiger partial charge < -0.3 is 20.1 Å². The van der Waals surface area contributed by atoms with Crippen LogP contribution in [0, 0.1) is 0 Å². The largest absolute Gasteiger partial charge is 0.495 e. The lowest BCUT2D eigenvalue weighted by molar-refractivity contribution is -0.133. The van der Waals surface area contributed by atoms with E-state index in [0.29, 0.717) is 27.2 Å². The fourth-order valence-corrected chi connectivity index (χ4v) is 2.31. The first-order chi connectivity index (χ1) is 11.4. The smallest absolute Gasteiger partial charge is 0.314 e. The van der Waals surface area contributed by atoms with Crippen LogP contribution in [0.4, 0.5) is 11.4 Å². The summed E-state index contributed by atoms with van der Waals surface area (Å²) in [6.07, 6.45) is 0. The highest BCUT2D eigenvalue weighted by Gasteiger charge is 2.18. The third-order valence-electron chi connectivity index (χ3n) is 3.01. The number of rotatable bonds is 4. The molecule has 0 aliphatic heterocycles. The maximum Gasteiger partial charge on any atom is 0.314 e. The summed E-state index contributed by atoms with van der Waals surface area (Å²) in [6, 6.07) is 9.39. The lowest BCUT2D eigenvalue weighted by Gasteiger charge is -2.13. The molecule has 0 saturated carbocycles. The zero-order valence-corrected chi connectivity index (χ0v) is 14.4. The highest BCUT2D eigenvalue weighted by molar-refractivity contribution is 6.44. The number of carbonyl (C=O) groups is 2. The van der Waals surface area contributed by atoms with Crippen LogP contribution in [0.3, 0.4) is 0 Å². The molecule has 8 heteroatoms. The molecule has 0 aliphatic carbocycles. The second-order valence-electron chi connectivity index (χ2n) is 4.61. The first-order valence-electron chi connectivity index (χ1n) is 6.74. The number of ether oxygens (including phenoxy) is 2. The fraction of sp³-hybridized carbons (Fsp3) is 0.125. The van der Waals surface area contributed by atoms with E-state index in [1.165, 1.54) is 32.4 Å². The van der Waals surface area contributed by atoms with Crippen LogP contribution in [0.1, 0.15) is 0 Å². The number of benzene rings is 2. The van der Waals surface area contributed by atoms with E-state index in [0.717, 1.165) is 0 Å². The van der Waals surface area contributed by atoms with Crippen LogP contribution in [0.5, 0.6) is 11.5 Å². The summed E-state index contributed by atoms with van der Waals surface area (Å²) in [5, 5.41) is 5.65. The Bertz CT molecular complexity index is 781. The molecule has 126 valence electrons. The standard InChI is InChI=1S/C16H14Cl2N2O4/c1-23-13-8-12(14(24-2)7-11(13)18)20-16(22)15(21)19-10-5-3-4-9(17)6-10/h3-8H,1-2H3,(H,19,21)(H,20,22). The van der Waals surface area contributed by atoms with Crippen molar-refractivity contribution in [3.05, 3.63) is 46.4 Å². The molecule has 0 aliphatic rings. The molecule has 2 aromatic carbocycles. The van der Waals surface area contributed by atoms with E-state index in [4.69, 9.17) is 32.7 Å². The molecule has 0 spiro atoms. The third kappa shape index (κ3) is 4.31. The average Bonchev–Trinajstić information content (AvgIpc) is 2.55. The van der Waals surface area contributed by atoms with E-state index in [1.54, 1.807) is 18.2 Å². The predicted molar refractivity (Wildman–Crippen MR) is 93.3 cm³/mol. The molecule has 2 amide bonds. The molecule has 2 N–H and O–H groups in total.